The van der Waals surface area contributed by atoms with Crippen LogP contribution in [-0.2, 0) is 0 Å². The molecular formula is C12H25N3. The molecule has 0 aromatic heterocycles. The van der Waals surface area contributed by atoms with Crippen LogP contribution in [-0.4, -0.2) is 43.2 Å². The first kappa shape index (κ1) is 11.4. The number of hydrogen-bond donors (Lipinski definition) is 2. The van der Waals surface area contributed by atoms with Gasteiger partial charge in [0.25, 0.3) is 0 Å². The molecule has 2 aliphatic rings. The summed E-state index contributed by atoms with van der Waals surface area (Å²) in [5.41, 5.74) is 5.97. The highest BCUT2D eigenvalue weighted by Crippen LogP contribution is 2.29. The van der Waals surface area contributed by atoms with Crippen LogP contribution in [0.2, 0.25) is 0 Å². The monoisotopic (exact) mass is 211 g/mol. The largest absolute Gasteiger partial charge is 0.330 e. The molecule has 0 radical (unpaired) electrons. The summed E-state index contributed by atoms with van der Waals surface area (Å²) in [6.07, 6.45) is 4.18. The Morgan fingerprint density at radius 3 is 2.67 bits per heavy atom. The van der Waals surface area contributed by atoms with E-state index < -0.39 is 0 Å². The fourth-order valence-corrected chi connectivity index (χ4v) is 2.22. The Morgan fingerprint density at radius 2 is 2.07 bits per heavy atom. The van der Waals surface area contributed by atoms with Crippen molar-refractivity contribution in [3.8, 4) is 0 Å². The summed E-state index contributed by atoms with van der Waals surface area (Å²) < 4.78 is 0. The summed E-state index contributed by atoms with van der Waals surface area (Å²) in [4.78, 5) is 2.65. The fraction of sp³-hybridized carbons (Fsp3) is 1.00. The highest BCUT2D eigenvalue weighted by Gasteiger charge is 2.34. The third kappa shape index (κ3) is 3.16. The van der Waals surface area contributed by atoms with Crippen molar-refractivity contribution in [1.29, 1.82) is 0 Å². The van der Waals surface area contributed by atoms with E-state index in [-0.39, 0.29) is 5.41 Å². The van der Waals surface area contributed by atoms with Crippen molar-refractivity contribution in [2.45, 2.75) is 45.2 Å². The van der Waals surface area contributed by atoms with Gasteiger partial charge in [0.15, 0.2) is 0 Å². The van der Waals surface area contributed by atoms with E-state index in [1.807, 2.05) is 0 Å². The van der Waals surface area contributed by atoms with Gasteiger partial charge >= 0.3 is 0 Å². The van der Waals surface area contributed by atoms with Crippen LogP contribution in [0.1, 0.15) is 33.1 Å². The second-order valence-electron chi connectivity index (χ2n) is 5.96. The van der Waals surface area contributed by atoms with Gasteiger partial charge in [0, 0.05) is 31.7 Å². The minimum atomic E-state index is 0.243. The molecule has 0 amide bonds. The van der Waals surface area contributed by atoms with Gasteiger partial charge in [-0.2, -0.15) is 0 Å². The maximum Gasteiger partial charge on any atom is 0.0207 e. The Balaban J connectivity index is 1.68. The van der Waals surface area contributed by atoms with E-state index in [4.69, 9.17) is 5.73 Å². The zero-order chi connectivity index (χ0) is 10.9. The van der Waals surface area contributed by atoms with Crippen molar-refractivity contribution in [1.82, 2.24) is 10.2 Å². The molecule has 1 aliphatic heterocycles. The van der Waals surface area contributed by atoms with Crippen LogP contribution in [0, 0.1) is 5.41 Å². The van der Waals surface area contributed by atoms with Gasteiger partial charge in [-0.25, -0.2) is 0 Å². The Hall–Kier alpha value is -0.120. The summed E-state index contributed by atoms with van der Waals surface area (Å²) >= 11 is 0. The standard InChI is InChI=1S/C12H25N3/c1-12(2,8-13)9-14-10-5-6-15(7-10)11-3-4-11/h10-11,14H,3-9,13H2,1-2H3. The molecule has 2 rings (SSSR count). The molecule has 0 spiro atoms. The zero-order valence-electron chi connectivity index (χ0n) is 10.1. The van der Waals surface area contributed by atoms with E-state index in [0.29, 0.717) is 6.04 Å². The quantitative estimate of drug-likeness (QED) is 0.707. The normalized spacial score (nSPS) is 28.6. The minimum absolute atomic E-state index is 0.243. The Kier molecular flexibility index (Phi) is 3.33. The van der Waals surface area contributed by atoms with Crippen molar-refractivity contribution in [3.05, 3.63) is 0 Å². The summed E-state index contributed by atoms with van der Waals surface area (Å²) in [6.45, 7) is 8.82. The Labute approximate surface area is 93.4 Å². The van der Waals surface area contributed by atoms with E-state index >= 15 is 0 Å². The van der Waals surface area contributed by atoms with Gasteiger partial charge in [0.05, 0.1) is 0 Å². The number of nitrogens with one attached hydrogen (secondary N) is 1. The lowest BCUT2D eigenvalue weighted by Crippen LogP contribution is -2.41. The Bertz CT molecular complexity index is 211. The highest BCUT2D eigenvalue weighted by molar-refractivity contribution is 4.92. The first-order valence-electron chi connectivity index (χ1n) is 6.28. The van der Waals surface area contributed by atoms with Crippen molar-refractivity contribution in [2.75, 3.05) is 26.2 Å². The van der Waals surface area contributed by atoms with Crippen LogP contribution in [0.25, 0.3) is 0 Å². The SMILES string of the molecule is CC(C)(CN)CNC1CCN(C2CC2)C1. The molecular weight excluding hydrogens is 186 g/mol. The maximum absolute atomic E-state index is 5.73. The summed E-state index contributed by atoms with van der Waals surface area (Å²) in [5, 5.41) is 3.66. The van der Waals surface area contributed by atoms with E-state index in [0.717, 1.165) is 19.1 Å². The number of nitrogens with zero attached hydrogens (tertiary/aromatic N) is 1. The van der Waals surface area contributed by atoms with Crippen LogP contribution < -0.4 is 11.1 Å². The molecule has 1 heterocycles. The van der Waals surface area contributed by atoms with Crippen molar-refractivity contribution < 1.29 is 0 Å². The van der Waals surface area contributed by atoms with E-state index in [1.54, 1.807) is 0 Å². The Morgan fingerprint density at radius 1 is 1.33 bits per heavy atom. The molecule has 3 heteroatoms. The molecule has 15 heavy (non-hydrogen) atoms. The molecule has 1 aliphatic carbocycles. The lowest BCUT2D eigenvalue weighted by Gasteiger charge is -2.25. The molecule has 2 fully saturated rings. The summed E-state index contributed by atoms with van der Waals surface area (Å²) in [7, 11) is 0. The first-order chi connectivity index (χ1) is 7.11. The molecule has 0 bridgehead atoms. The van der Waals surface area contributed by atoms with Gasteiger partial charge < -0.3 is 11.1 Å². The third-order valence-electron chi connectivity index (χ3n) is 3.70. The van der Waals surface area contributed by atoms with Crippen molar-refractivity contribution in [3.63, 3.8) is 0 Å². The molecule has 0 aromatic carbocycles. The van der Waals surface area contributed by atoms with Gasteiger partial charge in [-0.15, -0.1) is 0 Å². The van der Waals surface area contributed by atoms with Crippen LogP contribution >= 0.6 is 0 Å². The average Bonchev–Trinajstić information content (AvgIpc) is 2.96. The van der Waals surface area contributed by atoms with Crippen molar-refractivity contribution >= 4 is 0 Å². The number of hydrogen-bond acceptors (Lipinski definition) is 3. The lowest BCUT2D eigenvalue weighted by molar-refractivity contribution is 0.298. The maximum atomic E-state index is 5.73. The summed E-state index contributed by atoms with van der Waals surface area (Å²) in [5.74, 6) is 0. The van der Waals surface area contributed by atoms with Gasteiger partial charge in [0.2, 0.25) is 0 Å². The molecule has 1 atom stereocenters. The van der Waals surface area contributed by atoms with Gasteiger partial charge in [-0.05, 0) is 31.2 Å². The number of likely N-dealkylation sites (tertiary alicyclic amines) is 1. The molecule has 88 valence electrons. The van der Waals surface area contributed by atoms with Crippen LogP contribution in [0.4, 0.5) is 0 Å². The van der Waals surface area contributed by atoms with Crippen LogP contribution in [0.5, 0.6) is 0 Å². The second-order valence-corrected chi connectivity index (χ2v) is 5.96. The van der Waals surface area contributed by atoms with E-state index in [9.17, 15) is 0 Å². The predicted octanol–water partition coefficient (Wildman–Crippen LogP) is 0.798. The second kappa shape index (κ2) is 4.40. The number of nitrogens with two attached hydrogens (primary N) is 1. The van der Waals surface area contributed by atoms with Gasteiger partial charge in [-0.1, -0.05) is 13.8 Å². The molecule has 1 saturated carbocycles. The van der Waals surface area contributed by atoms with Gasteiger partial charge in [-0.3, -0.25) is 4.90 Å². The summed E-state index contributed by atoms with van der Waals surface area (Å²) in [6, 6.07) is 1.63. The average molecular weight is 211 g/mol. The fourth-order valence-electron chi connectivity index (χ4n) is 2.22. The first-order valence-corrected chi connectivity index (χ1v) is 6.28. The highest BCUT2D eigenvalue weighted by atomic mass is 15.2. The van der Waals surface area contributed by atoms with E-state index in [1.165, 1.54) is 32.4 Å². The predicted molar refractivity (Wildman–Crippen MR) is 63.8 cm³/mol. The molecule has 1 unspecified atom stereocenters. The van der Waals surface area contributed by atoms with Gasteiger partial charge in [0.1, 0.15) is 0 Å². The van der Waals surface area contributed by atoms with Crippen LogP contribution in [0.3, 0.4) is 0 Å². The van der Waals surface area contributed by atoms with Crippen molar-refractivity contribution in [2.24, 2.45) is 11.1 Å². The third-order valence-corrected chi connectivity index (χ3v) is 3.70. The molecule has 3 nitrogen and oxygen atoms in total. The zero-order valence-corrected chi connectivity index (χ0v) is 10.1. The number of rotatable bonds is 5. The topological polar surface area (TPSA) is 41.3 Å². The molecule has 1 saturated heterocycles. The van der Waals surface area contributed by atoms with Crippen LogP contribution in [0.15, 0.2) is 0 Å². The minimum Gasteiger partial charge on any atom is -0.330 e. The molecule has 3 N–H and O–H groups in total. The molecule has 0 aromatic rings. The lowest BCUT2D eigenvalue weighted by atomic mass is 9.93. The smallest absolute Gasteiger partial charge is 0.0207 e. The van der Waals surface area contributed by atoms with E-state index in [2.05, 4.69) is 24.1 Å².